The zero-order valence-electron chi connectivity index (χ0n) is 15.8. The van der Waals surface area contributed by atoms with Crippen molar-refractivity contribution in [2.24, 2.45) is 11.8 Å². The topological polar surface area (TPSA) is 91.1 Å². The second-order valence-corrected chi connectivity index (χ2v) is 7.49. The maximum Gasteiger partial charge on any atom is 0.255 e. The van der Waals surface area contributed by atoms with Gasteiger partial charge in [-0.2, -0.15) is 5.26 Å². The first-order valence-corrected chi connectivity index (χ1v) is 9.53. The number of ether oxygens (including phenoxy) is 1. The van der Waals surface area contributed by atoms with Gasteiger partial charge < -0.3 is 15.0 Å². The van der Waals surface area contributed by atoms with E-state index in [2.05, 4.69) is 15.3 Å². The first kappa shape index (κ1) is 18.4. The number of rotatable bonds is 4. The van der Waals surface area contributed by atoms with Crippen molar-refractivity contribution in [2.75, 3.05) is 25.5 Å². The van der Waals surface area contributed by atoms with Crippen LogP contribution in [0.3, 0.4) is 0 Å². The van der Waals surface area contributed by atoms with E-state index in [0.29, 0.717) is 23.1 Å². The normalized spacial score (nSPS) is 26.4. The number of amides is 1. The minimum atomic E-state index is -0.0189. The fourth-order valence-electron chi connectivity index (χ4n) is 4.40. The third-order valence-corrected chi connectivity index (χ3v) is 5.83. The minimum Gasteiger partial charge on any atom is -0.379 e. The molecule has 1 aliphatic heterocycles. The van der Waals surface area contributed by atoms with E-state index in [-0.39, 0.29) is 18.1 Å². The predicted octanol–water partition coefficient (Wildman–Crippen LogP) is 2.33. The van der Waals surface area contributed by atoms with Crippen LogP contribution in [0.4, 0.5) is 5.82 Å². The summed E-state index contributed by atoms with van der Waals surface area (Å²) in [4.78, 5) is 23.2. The molecule has 0 spiro atoms. The molecule has 2 aromatic heterocycles. The van der Waals surface area contributed by atoms with Crippen LogP contribution in [0.25, 0.3) is 0 Å². The number of carbonyl (C=O) groups excluding carboxylic acids is 1. The molecule has 3 heterocycles. The zero-order valence-corrected chi connectivity index (χ0v) is 15.8. The number of nitriles is 1. The Morgan fingerprint density at radius 1 is 1.21 bits per heavy atom. The maximum atomic E-state index is 12.9. The molecule has 7 heteroatoms. The molecular weight excluding hydrogens is 354 g/mol. The van der Waals surface area contributed by atoms with E-state index >= 15 is 0 Å². The lowest BCUT2D eigenvalue weighted by molar-refractivity contribution is 0.0304. The van der Waals surface area contributed by atoms with Crippen molar-refractivity contribution in [1.82, 2.24) is 14.9 Å². The molecule has 2 aromatic rings. The number of aromatic nitrogens is 2. The monoisotopic (exact) mass is 377 g/mol. The number of nitrogens with one attached hydrogen (secondary N) is 1. The molecule has 1 aliphatic carbocycles. The van der Waals surface area contributed by atoms with Crippen LogP contribution in [0, 0.1) is 23.2 Å². The highest BCUT2D eigenvalue weighted by Gasteiger charge is 2.43. The van der Waals surface area contributed by atoms with E-state index in [4.69, 9.17) is 10.00 Å². The van der Waals surface area contributed by atoms with Gasteiger partial charge in [0.2, 0.25) is 0 Å². The molecule has 4 atom stereocenters. The number of hydrogen-bond acceptors (Lipinski definition) is 6. The number of fused-ring (bicyclic) bond motifs is 1. The van der Waals surface area contributed by atoms with Crippen LogP contribution in [-0.2, 0) is 4.74 Å². The molecule has 0 bridgehead atoms. The molecule has 0 unspecified atom stereocenters. The highest BCUT2D eigenvalue weighted by molar-refractivity contribution is 5.94. The number of anilines is 1. The SMILES string of the molecule is CO[C@@H]1C[C@H]2CN(C(=O)c3ccc(C#N)nc3)C[C@H]2C[C@H]1Nc1ccccn1. The summed E-state index contributed by atoms with van der Waals surface area (Å²) < 4.78 is 5.76. The van der Waals surface area contributed by atoms with Gasteiger partial charge in [0.25, 0.3) is 5.91 Å². The van der Waals surface area contributed by atoms with Gasteiger partial charge >= 0.3 is 0 Å². The molecular formula is C21H23N5O2. The third-order valence-electron chi connectivity index (χ3n) is 5.83. The van der Waals surface area contributed by atoms with Crippen molar-refractivity contribution in [1.29, 1.82) is 5.26 Å². The van der Waals surface area contributed by atoms with Crippen LogP contribution < -0.4 is 5.32 Å². The van der Waals surface area contributed by atoms with Crippen molar-refractivity contribution in [3.05, 3.63) is 54.0 Å². The molecule has 4 rings (SSSR count). The molecule has 1 saturated carbocycles. The van der Waals surface area contributed by atoms with Crippen molar-refractivity contribution in [3.8, 4) is 6.07 Å². The Morgan fingerprint density at radius 3 is 2.68 bits per heavy atom. The quantitative estimate of drug-likeness (QED) is 0.879. The Morgan fingerprint density at radius 2 is 2.04 bits per heavy atom. The smallest absolute Gasteiger partial charge is 0.255 e. The fraction of sp³-hybridized carbons (Fsp3) is 0.429. The largest absolute Gasteiger partial charge is 0.379 e. The number of nitrogens with zero attached hydrogens (tertiary/aromatic N) is 4. The first-order chi connectivity index (χ1) is 13.7. The summed E-state index contributed by atoms with van der Waals surface area (Å²) in [5.74, 6) is 1.70. The average Bonchev–Trinajstić information content (AvgIpc) is 3.16. The van der Waals surface area contributed by atoms with Gasteiger partial charge in [-0.15, -0.1) is 0 Å². The predicted molar refractivity (Wildman–Crippen MR) is 104 cm³/mol. The van der Waals surface area contributed by atoms with Crippen LogP contribution in [0.2, 0.25) is 0 Å². The lowest BCUT2D eigenvalue weighted by Crippen LogP contribution is -2.44. The van der Waals surface area contributed by atoms with Crippen LogP contribution >= 0.6 is 0 Å². The molecule has 1 N–H and O–H groups in total. The van der Waals surface area contributed by atoms with E-state index in [9.17, 15) is 4.79 Å². The van der Waals surface area contributed by atoms with Gasteiger partial charge in [0.15, 0.2) is 0 Å². The Balaban J connectivity index is 1.44. The van der Waals surface area contributed by atoms with Crippen molar-refractivity contribution < 1.29 is 9.53 Å². The van der Waals surface area contributed by atoms with Gasteiger partial charge in [-0.3, -0.25) is 4.79 Å². The maximum absolute atomic E-state index is 12.9. The lowest BCUT2D eigenvalue weighted by atomic mass is 9.77. The van der Waals surface area contributed by atoms with Gasteiger partial charge in [0, 0.05) is 32.6 Å². The molecule has 28 heavy (non-hydrogen) atoms. The molecule has 1 amide bonds. The summed E-state index contributed by atoms with van der Waals surface area (Å²) in [6.07, 6.45) is 5.22. The van der Waals surface area contributed by atoms with E-state index in [1.807, 2.05) is 29.2 Å². The van der Waals surface area contributed by atoms with Gasteiger partial charge in [-0.25, -0.2) is 9.97 Å². The summed E-state index contributed by atoms with van der Waals surface area (Å²) in [5.41, 5.74) is 0.849. The third kappa shape index (κ3) is 3.69. The second kappa shape index (κ2) is 7.95. The molecule has 1 saturated heterocycles. The molecule has 2 fully saturated rings. The number of likely N-dealkylation sites (tertiary alicyclic amines) is 1. The van der Waals surface area contributed by atoms with Gasteiger partial charge in [0.05, 0.1) is 17.7 Å². The van der Waals surface area contributed by atoms with Gasteiger partial charge in [0.1, 0.15) is 17.6 Å². The van der Waals surface area contributed by atoms with E-state index in [1.165, 1.54) is 6.20 Å². The summed E-state index contributed by atoms with van der Waals surface area (Å²) in [5, 5.41) is 12.4. The summed E-state index contributed by atoms with van der Waals surface area (Å²) in [6, 6.07) is 11.2. The summed E-state index contributed by atoms with van der Waals surface area (Å²) >= 11 is 0. The first-order valence-electron chi connectivity index (χ1n) is 9.53. The minimum absolute atomic E-state index is 0.0189. The van der Waals surface area contributed by atoms with E-state index in [1.54, 1.807) is 25.4 Å². The van der Waals surface area contributed by atoms with Crippen molar-refractivity contribution in [2.45, 2.75) is 25.0 Å². The van der Waals surface area contributed by atoms with Crippen LogP contribution in [0.15, 0.2) is 42.7 Å². The number of methoxy groups -OCH3 is 1. The Hall–Kier alpha value is -2.98. The average molecular weight is 377 g/mol. The molecule has 2 aliphatic rings. The molecule has 144 valence electrons. The summed E-state index contributed by atoms with van der Waals surface area (Å²) in [6.45, 7) is 1.47. The molecule has 0 radical (unpaired) electrons. The van der Waals surface area contributed by atoms with E-state index in [0.717, 1.165) is 31.7 Å². The number of hydrogen-bond donors (Lipinski definition) is 1. The van der Waals surface area contributed by atoms with E-state index < -0.39 is 0 Å². The molecule has 7 nitrogen and oxygen atoms in total. The lowest BCUT2D eigenvalue weighted by Gasteiger charge is -2.37. The van der Waals surface area contributed by atoms with Crippen LogP contribution in [-0.4, -0.2) is 53.1 Å². The van der Waals surface area contributed by atoms with Crippen LogP contribution in [0.5, 0.6) is 0 Å². The Kier molecular flexibility index (Phi) is 5.22. The van der Waals surface area contributed by atoms with Gasteiger partial charge in [-0.1, -0.05) is 6.07 Å². The Labute approximate surface area is 164 Å². The van der Waals surface area contributed by atoms with Crippen molar-refractivity contribution >= 4 is 11.7 Å². The highest BCUT2D eigenvalue weighted by Crippen LogP contribution is 2.38. The van der Waals surface area contributed by atoms with Crippen LogP contribution in [0.1, 0.15) is 28.9 Å². The zero-order chi connectivity index (χ0) is 19.5. The molecule has 0 aromatic carbocycles. The van der Waals surface area contributed by atoms with Crippen molar-refractivity contribution in [3.63, 3.8) is 0 Å². The Bertz CT molecular complexity index is 865. The number of carbonyl (C=O) groups is 1. The second-order valence-electron chi connectivity index (χ2n) is 7.49. The number of pyridine rings is 2. The standard InChI is InChI=1S/C21H23N5O2/c1-28-19-9-16-13-26(21(27)14-5-6-17(10-22)24-11-14)12-15(16)8-18(19)25-20-4-2-3-7-23-20/h2-7,11,15-16,18-19H,8-9,12-13H2,1H3,(H,23,25)/t15-,16+,18-,19-/m1/s1. The summed E-state index contributed by atoms with van der Waals surface area (Å²) in [7, 11) is 1.75. The fourth-order valence-corrected chi connectivity index (χ4v) is 4.40. The van der Waals surface area contributed by atoms with Gasteiger partial charge in [-0.05, 0) is 48.9 Å². The highest BCUT2D eigenvalue weighted by atomic mass is 16.5.